The molecule has 0 aliphatic rings. The van der Waals surface area contributed by atoms with Crippen LogP contribution < -0.4 is 10.5 Å². The van der Waals surface area contributed by atoms with Crippen molar-refractivity contribution >= 4 is 38.9 Å². The monoisotopic (exact) mass is 344 g/mol. The minimum absolute atomic E-state index is 0.00950. The van der Waals surface area contributed by atoms with Crippen molar-refractivity contribution in [3.8, 4) is 0 Å². The summed E-state index contributed by atoms with van der Waals surface area (Å²) in [4.78, 5) is 12.5. The van der Waals surface area contributed by atoms with Gasteiger partial charge in [-0.3, -0.25) is 4.79 Å². The van der Waals surface area contributed by atoms with E-state index in [1.54, 1.807) is 30.5 Å². The zero-order chi connectivity index (χ0) is 15.6. The Labute approximate surface area is 131 Å². The highest BCUT2D eigenvalue weighted by Crippen LogP contribution is 2.23. The van der Waals surface area contributed by atoms with Crippen molar-refractivity contribution in [3.63, 3.8) is 0 Å². The number of nitrogens with one attached hydrogen (secondary N) is 1. The summed E-state index contributed by atoms with van der Waals surface area (Å²) in [6, 6.07) is 7.41. The van der Waals surface area contributed by atoms with Gasteiger partial charge < -0.3 is 5.32 Å². The predicted octanol–water partition coefficient (Wildman–Crippen LogP) is 2.54. The molecule has 0 aliphatic carbocycles. The van der Waals surface area contributed by atoms with Crippen LogP contribution in [0.1, 0.15) is 28.2 Å². The summed E-state index contributed by atoms with van der Waals surface area (Å²) >= 11 is 7.15. The van der Waals surface area contributed by atoms with E-state index in [0.717, 1.165) is 0 Å². The maximum atomic E-state index is 12.1. The predicted molar refractivity (Wildman–Crippen MR) is 83.0 cm³/mol. The third kappa shape index (κ3) is 3.82. The number of sulfonamides is 1. The minimum atomic E-state index is -3.77. The first-order valence-electron chi connectivity index (χ1n) is 5.95. The summed E-state index contributed by atoms with van der Waals surface area (Å²) < 4.78 is 22.7. The van der Waals surface area contributed by atoms with Crippen molar-refractivity contribution < 1.29 is 13.2 Å². The number of carbonyl (C=O) groups excluding carboxylic acids is 1. The number of nitrogens with two attached hydrogens (primary N) is 1. The molecule has 1 aromatic heterocycles. The number of primary sulfonamides is 1. The topological polar surface area (TPSA) is 89.3 Å². The van der Waals surface area contributed by atoms with Crippen LogP contribution in [0.15, 0.2) is 40.6 Å². The molecule has 0 aliphatic heterocycles. The molecule has 0 saturated heterocycles. The van der Waals surface area contributed by atoms with Gasteiger partial charge in [-0.05, 0) is 36.1 Å². The van der Waals surface area contributed by atoms with E-state index in [4.69, 9.17) is 16.7 Å². The zero-order valence-corrected chi connectivity index (χ0v) is 13.4. The molecular formula is C13H13ClN2O3S2. The second-order valence-electron chi connectivity index (χ2n) is 4.41. The molecule has 1 atom stereocenters. The van der Waals surface area contributed by atoms with Crippen LogP contribution in [0.25, 0.3) is 0 Å². The Morgan fingerprint density at radius 3 is 2.67 bits per heavy atom. The summed E-state index contributed by atoms with van der Waals surface area (Å²) in [7, 11) is -3.77. The Hall–Kier alpha value is -1.41. The van der Waals surface area contributed by atoms with Crippen LogP contribution in [-0.4, -0.2) is 14.3 Å². The fourth-order valence-electron chi connectivity index (χ4n) is 1.76. The number of thiophene rings is 1. The molecule has 0 spiro atoms. The normalized spacial score (nSPS) is 12.9. The number of hydrogen-bond acceptors (Lipinski definition) is 4. The summed E-state index contributed by atoms with van der Waals surface area (Å²) in [6.45, 7) is 1.75. The molecule has 0 saturated carbocycles. The quantitative estimate of drug-likeness (QED) is 0.893. The van der Waals surface area contributed by atoms with Crippen LogP contribution in [0, 0.1) is 0 Å². The molecule has 112 valence electrons. The van der Waals surface area contributed by atoms with Crippen LogP contribution in [0.2, 0.25) is 5.02 Å². The molecule has 5 nitrogen and oxygen atoms in total. The second kappa shape index (κ2) is 6.15. The van der Waals surface area contributed by atoms with Crippen molar-refractivity contribution in [2.75, 3.05) is 0 Å². The van der Waals surface area contributed by atoms with Gasteiger partial charge in [-0.25, -0.2) is 13.6 Å². The van der Waals surface area contributed by atoms with Gasteiger partial charge in [-0.1, -0.05) is 23.7 Å². The SMILES string of the molecule is CC(NC(=O)c1sccc1Cl)c1cccc(S(N)(=O)=O)c1. The lowest BCUT2D eigenvalue weighted by atomic mass is 10.1. The maximum absolute atomic E-state index is 12.1. The van der Waals surface area contributed by atoms with Gasteiger partial charge in [0.15, 0.2) is 0 Å². The molecule has 1 aromatic carbocycles. The van der Waals surface area contributed by atoms with Gasteiger partial charge in [0.2, 0.25) is 10.0 Å². The van der Waals surface area contributed by atoms with E-state index in [2.05, 4.69) is 5.32 Å². The molecule has 8 heteroatoms. The summed E-state index contributed by atoms with van der Waals surface area (Å²) in [6.07, 6.45) is 0. The summed E-state index contributed by atoms with van der Waals surface area (Å²) in [5.74, 6) is -0.302. The van der Waals surface area contributed by atoms with E-state index < -0.39 is 10.0 Å². The van der Waals surface area contributed by atoms with Crippen LogP contribution in [0.3, 0.4) is 0 Å². The number of rotatable bonds is 4. The Balaban J connectivity index is 2.19. The Morgan fingerprint density at radius 2 is 2.10 bits per heavy atom. The minimum Gasteiger partial charge on any atom is -0.345 e. The van der Waals surface area contributed by atoms with Crippen LogP contribution in [0.5, 0.6) is 0 Å². The number of halogens is 1. The highest BCUT2D eigenvalue weighted by molar-refractivity contribution is 7.89. The molecule has 21 heavy (non-hydrogen) atoms. The smallest absolute Gasteiger partial charge is 0.263 e. The van der Waals surface area contributed by atoms with Crippen molar-refractivity contribution in [1.29, 1.82) is 0 Å². The lowest BCUT2D eigenvalue weighted by Crippen LogP contribution is -2.26. The highest BCUT2D eigenvalue weighted by atomic mass is 35.5. The van der Waals surface area contributed by atoms with Crippen molar-refractivity contribution in [2.45, 2.75) is 17.9 Å². The third-order valence-electron chi connectivity index (χ3n) is 2.86. The summed E-state index contributed by atoms with van der Waals surface area (Å²) in [5, 5.41) is 9.98. The summed E-state index contributed by atoms with van der Waals surface area (Å²) in [5.41, 5.74) is 0.641. The van der Waals surface area contributed by atoms with E-state index in [0.29, 0.717) is 15.5 Å². The van der Waals surface area contributed by atoms with Crippen LogP contribution >= 0.6 is 22.9 Å². The number of hydrogen-bond donors (Lipinski definition) is 2. The maximum Gasteiger partial charge on any atom is 0.263 e. The van der Waals surface area contributed by atoms with E-state index in [-0.39, 0.29) is 16.8 Å². The van der Waals surface area contributed by atoms with Gasteiger partial charge >= 0.3 is 0 Å². The van der Waals surface area contributed by atoms with E-state index in [9.17, 15) is 13.2 Å². The molecule has 3 N–H and O–H groups in total. The Bertz CT molecular complexity index is 771. The third-order valence-corrected chi connectivity index (χ3v) is 5.11. The van der Waals surface area contributed by atoms with E-state index in [1.807, 2.05) is 0 Å². The lowest BCUT2D eigenvalue weighted by Gasteiger charge is -2.14. The lowest BCUT2D eigenvalue weighted by molar-refractivity contribution is 0.0944. The number of amides is 1. The van der Waals surface area contributed by atoms with E-state index in [1.165, 1.54) is 23.5 Å². The molecular weight excluding hydrogens is 332 g/mol. The molecule has 2 aromatic rings. The average molecular weight is 345 g/mol. The first-order valence-corrected chi connectivity index (χ1v) is 8.76. The van der Waals surface area contributed by atoms with Crippen molar-refractivity contribution in [3.05, 3.63) is 51.2 Å². The van der Waals surface area contributed by atoms with E-state index >= 15 is 0 Å². The largest absolute Gasteiger partial charge is 0.345 e. The molecule has 1 unspecified atom stereocenters. The number of benzene rings is 1. The van der Waals surface area contributed by atoms with Crippen molar-refractivity contribution in [2.24, 2.45) is 5.14 Å². The molecule has 0 bridgehead atoms. The average Bonchev–Trinajstić information content (AvgIpc) is 2.84. The van der Waals surface area contributed by atoms with Crippen molar-refractivity contribution in [1.82, 2.24) is 5.32 Å². The highest BCUT2D eigenvalue weighted by Gasteiger charge is 2.17. The van der Waals surface area contributed by atoms with Gasteiger partial charge in [0.05, 0.1) is 16.0 Å². The molecule has 1 amide bonds. The first kappa shape index (κ1) is 16.0. The molecule has 0 radical (unpaired) electrons. The molecule has 1 heterocycles. The van der Waals surface area contributed by atoms with Gasteiger partial charge in [0.25, 0.3) is 5.91 Å². The fourth-order valence-corrected chi connectivity index (χ4v) is 3.37. The molecule has 2 rings (SSSR count). The Kier molecular flexibility index (Phi) is 4.67. The van der Waals surface area contributed by atoms with Gasteiger partial charge in [0, 0.05) is 0 Å². The fraction of sp³-hybridized carbons (Fsp3) is 0.154. The Morgan fingerprint density at radius 1 is 1.38 bits per heavy atom. The van der Waals surface area contributed by atoms with Gasteiger partial charge in [0.1, 0.15) is 4.88 Å². The van der Waals surface area contributed by atoms with Gasteiger partial charge in [-0.15, -0.1) is 11.3 Å². The second-order valence-corrected chi connectivity index (χ2v) is 7.30. The van der Waals surface area contributed by atoms with Crippen LogP contribution in [0.4, 0.5) is 0 Å². The first-order chi connectivity index (χ1) is 9.79. The molecule has 0 fully saturated rings. The van der Waals surface area contributed by atoms with Crippen LogP contribution in [-0.2, 0) is 10.0 Å². The zero-order valence-electron chi connectivity index (χ0n) is 11.0. The standard InChI is InChI=1S/C13H13ClN2O3S2/c1-8(16-13(17)12-11(14)5-6-20-12)9-3-2-4-10(7-9)21(15,18)19/h2-8H,1H3,(H,16,17)(H2,15,18,19). The number of carbonyl (C=O) groups is 1. The van der Waals surface area contributed by atoms with Gasteiger partial charge in [-0.2, -0.15) is 0 Å².